The third-order valence-electron chi connectivity index (χ3n) is 2.62. The minimum Gasteiger partial charge on any atom is -0.369 e. The Hall–Kier alpha value is -2.74. The van der Waals surface area contributed by atoms with E-state index in [4.69, 9.17) is 5.26 Å². The van der Waals surface area contributed by atoms with E-state index in [0.717, 1.165) is 17.0 Å². The molecule has 5 nitrogen and oxygen atoms in total. The standard InChI is InChI=1S/C15H15N5/c1-11-14(12-7-5-4-6-8-12)19-15(13(9-16)18-11)17-10-20(2)3/h4-8,10H,1-3H3. The van der Waals surface area contributed by atoms with E-state index in [1.54, 1.807) is 11.2 Å². The summed E-state index contributed by atoms with van der Waals surface area (Å²) in [7, 11) is 3.71. The fourth-order valence-corrected chi connectivity index (χ4v) is 1.72. The number of aromatic nitrogens is 2. The number of rotatable bonds is 3. The van der Waals surface area contributed by atoms with Gasteiger partial charge < -0.3 is 4.90 Å². The van der Waals surface area contributed by atoms with Gasteiger partial charge in [-0.2, -0.15) is 5.26 Å². The van der Waals surface area contributed by atoms with Crippen LogP contribution in [0.1, 0.15) is 11.4 Å². The van der Waals surface area contributed by atoms with Crippen molar-refractivity contribution in [1.29, 1.82) is 5.26 Å². The topological polar surface area (TPSA) is 65.2 Å². The van der Waals surface area contributed by atoms with Crippen LogP contribution in [0.15, 0.2) is 35.3 Å². The number of benzene rings is 1. The summed E-state index contributed by atoms with van der Waals surface area (Å²) in [6, 6.07) is 11.8. The molecule has 0 saturated heterocycles. The predicted octanol–water partition coefficient (Wildman–Crippen LogP) is 2.55. The Balaban J connectivity index is 2.55. The second-order valence-electron chi connectivity index (χ2n) is 4.52. The van der Waals surface area contributed by atoms with Gasteiger partial charge in [-0.05, 0) is 6.92 Å². The zero-order valence-corrected chi connectivity index (χ0v) is 11.7. The summed E-state index contributed by atoms with van der Waals surface area (Å²) in [6.45, 7) is 1.84. The summed E-state index contributed by atoms with van der Waals surface area (Å²) in [5.74, 6) is 0.339. The number of hydrogen-bond acceptors (Lipinski definition) is 4. The van der Waals surface area contributed by atoms with Crippen LogP contribution in [0.3, 0.4) is 0 Å². The second-order valence-corrected chi connectivity index (χ2v) is 4.52. The summed E-state index contributed by atoms with van der Waals surface area (Å²) in [6.07, 6.45) is 1.61. The van der Waals surface area contributed by atoms with Crippen LogP contribution in [-0.4, -0.2) is 35.3 Å². The van der Waals surface area contributed by atoms with Crippen LogP contribution in [0.4, 0.5) is 5.82 Å². The Kier molecular flexibility index (Phi) is 4.06. The van der Waals surface area contributed by atoms with E-state index in [1.807, 2.05) is 57.4 Å². The van der Waals surface area contributed by atoms with Crippen molar-refractivity contribution >= 4 is 12.2 Å². The maximum Gasteiger partial charge on any atom is 0.191 e. The van der Waals surface area contributed by atoms with E-state index in [-0.39, 0.29) is 5.69 Å². The average Bonchev–Trinajstić information content (AvgIpc) is 2.46. The maximum atomic E-state index is 9.13. The smallest absolute Gasteiger partial charge is 0.191 e. The van der Waals surface area contributed by atoms with E-state index in [0.29, 0.717) is 5.82 Å². The first kappa shape index (κ1) is 13.7. The molecule has 1 aromatic carbocycles. The Labute approximate surface area is 118 Å². The molecule has 0 N–H and O–H groups in total. The van der Waals surface area contributed by atoms with Crippen LogP contribution >= 0.6 is 0 Å². The minimum atomic E-state index is 0.236. The van der Waals surface area contributed by atoms with Crippen molar-refractivity contribution in [3.05, 3.63) is 41.7 Å². The van der Waals surface area contributed by atoms with E-state index < -0.39 is 0 Å². The number of aryl methyl sites for hydroxylation is 1. The van der Waals surface area contributed by atoms with Crippen LogP contribution in [0.2, 0.25) is 0 Å². The predicted molar refractivity (Wildman–Crippen MR) is 78.8 cm³/mol. The van der Waals surface area contributed by atoms with Gasteiger partial charge in [0, 0.05) is 19.7 Å². The molecule has 0 bridgehead atoms. The molecule has 1 heterocycles. The molecule has 0 spiro atoms. The van der Waals surface area contributed by atoms with Crippen molar-refractivity contribution in [2.75, 3.05) is 14.1 Å². The highest BCUT2D eigenvalue weighted by atomic mass is 15.1. The molecule has 1 aromatic heterocycles. The number of nitrogens with zero attached hydrogens (tertiary/aromatic N) is 5. The molecule has 0 aliphatic rings. The molecule has 0 amide bonds. The Morgan fingerprint density at radius 2 is 1.90 bits per heavy atom. The van der Waals surface area contributed by atoms with Gasteiger partial charge in [0.2, 0.25) is 0 Å². The van der Waals surface area contributed by atoms with Crippen LogP contribution in [0, 0.1) is 18.3 Å². The van der Waals surface area contributed by atoms with Gasteiger partial charge in [-0.25, -0.2) is 15.0 Å². The maximum absolute atomic E-state index is 9.13. The average molecular weight is 265 g/mol. The summed E-state index contributed by atoms with van der Waals surface area (Å²) in [5.41, 5.74) is 2.66. The van der Waals surface area contributed by atoms with Crippen molar-refractivity contribution < 1.29 is 0 Å². The molecule has 0 fully saturated rings. The Morgan fingerprint density at radius 3 is 2.50 bits per heavy atom. The molecule has 0 radical (unpaired) electrons. The summed E-state index contributed by atoms with van der Waals surface area (Å²) in [5, 5.41) is 9.13. The van der Waals surface area contributed by atoms with Gasteiger partial charge in [-0.3, -0.25) is 0 Å². The lowest BCUT2D eigenvalue weighted by Gasteiger charge is -2.07. The number of hydrogen-bond donors (Lipinski definition) is 0. The lowest BCUT2D eigenvalue weighted by molar-refractivity contribution is 0.643. The van der Waals surface area contributed by atoms with E-state index in [9.17, 15) is 0 Å². The summed E-state index contributed by atoms with van der Waals surface area (Å²) >= 11 is 0. The molecule has 0 aliphatic carbocycles. The van der Waals surface area contributed by atoms with E-state index >= 15 is 0 Å². The third kappa shape index (κ3) is 2.98. The third-order valence-corrected chi connectivity index (χ3v) is 2.62. The van der Waals surface area contributed by atoms with Gasteiger partial charge in [0.25, 0.3) is 0 Å². The van der Waals surface area contributed by atoms with E-state index in [1.165, 1.54) is 0 Å². The molecule has 2 aromatic rings. The van der Waals surface area contributed by atoms with Crippen molar-refractivity contribution in [3.8, 4) is 17.3 Å². The van der Waals surface area contributed by atoms with Gasteiger partial charge in [0.05, 0.1) is 17.7 Å². The number of aliphatic imine (C=N–C) groups is 1. The van der Waals surface area contributed by atoms with Crippen molar-refractivity contribution in [2.45, 2.75) is 6.92 Å². The minimum absolute atomic E-state index is 0.236. The quantitative estimate of drug-likeness (QED) is 0.632. The molecule has 20 heavy (non-hydrogen) atoms. The van der Waals surface area contributed by atoms with Gasteiger partial charge in [-0.15, -0.1) is 0 Å². The highest BCUT2D eigenvalue weighted by molar-refractivity contribution is 5.67. The van der Waals surface area contributed by atoms with Gasteiger partial charge >= 0.3 is 0 Å². The second kappa shape index (κ2) is 5.93. The first-order valence-corrected chi connectivity index (χ1v) is 6.16. The monoisotopic (exact) mass is 265 g/mol. The SMILES string of the molecule is Cc1nc(C#N)c(N=CN(C)C)nc1-c1ccccc1. The highest BCUT2D eigenvalue weighted by Gasteiger charge is 2.11. The van der Waals surface area contributed by atoms with Crippen LogP contribution < -0.4 is 0 Å². The van der Waals surface area contributed by atoms with Gasteiger partial charge in [-0.1, -0.05) is 30.3 Å². The molecule has 5 heteroatoms. The molecule has 100 valence electrons. The molecular weight excluding hydrogens is 250 g/mol. The molecular formula is C15H15N5. The zero-order valence-electron chi connectivity index (χ0n) is 11.7. The fourth-order valence-electron chi connectivity index (χ4n) is 1.72. The fraction of sp³-hybridized carbons (Fsp3) is 0.200. The largest absolute Gasteiger partial charge is 0.369 e. The highest BCUT2D eigenvalue weighted by Crippen LogP contribution is 2.24. The zero-order chi connectivity index (χ0) is 14.5. The summed E-state index contributed by atoms with van der Waals surface area (Å²) in [4.78, 5) is 14.8. The van der Waals surface area contributed by atoms with Gasteiger partial charge in [0.15, 0.2) is 11.5 Å². The van der Waals surface area contributed by atoms with E-state index in [2.05, 4.69) is 15.0 Å². The van der Waals surface area contributed by atoms with Crippen molar-refractivity contribution in [2.24, 2.45) is 4.99 Å². The Bertz CT molecular complexity index is 669. The lowest BCUT2D eigenvalue weighted by Crippen LogP contribution is -2.07. The first-order chi connectivity index (χ1) is 9.61. The molecule has 0 aliphatic heterocycles. The molecule has 2 rings (SSSR count). The first-order valence-electron chi connectivity index (χ1n) is 6.16. The molecule has 0 saturated carbocycles. The number of nitriles is 1. The molecule has 0 atom stereocenters. The normalized spacial score (nSPS) is 10.5. The Morgan fingerprint density at radius 1 is 1.20 bits per heavy atom. The van der Waals surface area contributed by atoms with Crippen molar-refractivity contribution in [3.63, 3.8) is 0 Å². The molecule has 0 unspecified atom stereocenters. The van der Waals surface area contributed by atoms with Gasteiger partial charge in [0.1, 0.15) is 6.07 Å². The van der Waals surface area contributed by atoms with Crippen LogP contribution in [-0.2, 0) is 0 Å². The summed E-state index contributed by atoms with van der Waals surface area (Å²) < 4.78 is 0. The lowest BCUT2D eigenvalue weighted by atomic mass is 10.1. The van der Waals surface area contributed by atoms with Crippen LogP contribution in [0.25, 0.3) is 11.3 Å². The van der Waals surface area contributed by atoms with Crippen LogP contribution in [0.5, 0.6) is 0 Å². The van der Waals surface area contributed by atoms with Crippen molar-refractivity contribution in [1.82, 2.24) is 14.9 Å².